The van der Waals surface area contributed by atoms with Crippen molar-refractivity contribution in [1.82, 2.24) is 4.90 Å². The summed E-state index contributed by atoms with van der Waals surface area (Å²) in [6, 6.07) is 0. The standard InChI is InChI=1S/C10H17N/c1-7(2)11-5-8-9(6-11)10(8,3)4/h8-9H,1,5-6H2,2-4H3. The Morgan fingerprint density at radius 1 is 1.36 bits per heavy atom. The number of hydrogen-bond acceptors (Lipinski definition) is 1. The van der Waals surface area contributed by atoms with Crippen LogP contribution in [0.1, 0.15) is 20.8 Å². The Hall–Kier alpha value is -0.460. The van der Waals surface area contributed by atoms with Gasteiger partial charge in [0.1, 0.15) is 0 Å². The molecule has 0 radical (unpaired) electrons. The van der Waals surface area contributed by atoms with E-state index in [1.165, 1.54) is 18.8 Å². The lowest BCUT2D eigenvalue weighted by atomic mass is 10.1. The molecule has 1 aliphatic carbocycles. The molecule has 2 fully saturated rings. The quantitative estimate of drug-likeness (QED) is 0.555. The highest BCUT2D eigenvalue weighted by molar-refractivity contribution is 5.14. The number of fused-ring (bicyclic) bond motifs is 1. The van der Waals surface area contributed by atoms with E-state index >= 15 is 0 Å². The zero-order chi connectivity index (χ0) is 8.22. The average Bonchev–Trinajstić information content (AvgIpc) is 2.28. The Morgan fingerprint density at radius 3 is 2.18 bits per heavy atom. The molecule has 2 atom stereocenters. The van der Waals surface area contributed by atoms with Crippen LogP contribution >= 0.6 is 0 Å². The van der Waals surface area contributed by atoms with E-state index < -0.39 is 0 Å². The molecule has 1 saturated carbocycles. The maximum Gasteiger partial charge on any atom is 0.0211 e. The van der Waals surface area contributed by atoms with Gasteiger partial charge in [0.2, 0.25) is 0 Å². The van der Waals surface area contributed by atoms with Crippen molar-refractivity contribution in [1.29, 1.82) is 0 Å². The summed E-state index contributed by atoms with van der Waals surface area (Å²) in [6.45, 7) is 13.4. The zero-order valence-electron chi connectivity index (χ0n) is 7.72. The zero-order valence-corrected chi connectivity index (χ0v) is 7.72. The van der Waals surface area contributed by atoms with E-state index in [1.807, 2.05) is 0 Å². The lowest BCUT2D eigenvalue weighted by Gasteiger charge is -2.23. The Labute approximate surface area is 69.1 Å². The summed E-state index contributed by atoms with van der Waals surface area (Å²) in [5, 5.41) is 0. The van der Waals surface area contributed by atoms with E-state index in [-0.39, 0.29) is 0 Å². The predicted molar refractivity (Wildman–Crippen MR) is 47.1 cm³/mol. The molecular formula is C10H17N. The maximum atomic E-state index is 3.97. The van der Waals surface area contributed by atoms with Gasteiger partial charge in [-0.05, 0) is 24.2 Å². The molecule has 2 aliphatic rings. The van der Waals surface area contributed by atoms with Gasteiger partial charge < -0.3 is 4.90 Å². The molecular weight excluding hydrogens is 134 g/mol. The minimum Gasteiger partial charge on any atom is -0.375 e. The highest BCUT2D eigenvalue weighted by Gasteiger charge is 2.61. The van der Waals surface area contributed by atoms with Gasteiger partial charge in [0.05, 0.1) is 0 Å². The van der Waals surface area contributed by atoms with Gasteiger partial charge in [0.15, 0.2) is 0 Å². The first kappa shape index (κ1) is 7.20. The van der Waals surface area contributed by atoms with E-state index in [9.17, 15) is 0 Å². The SMILES string of the molecule is C=C(C)N1CC2C(C1)C2(C)C. The van der Waals surface area contributed by atoms with Crippen molar-refractivity contribution in [2.24, 2.45) is 17.3 Å². The number of likely N-dealkylation sites (tertiary alicyclic amines) is 1. The summed E-state index contributed by atoms with van der Waals surface area (Å²) in [4.78, 5) is 2.42. The first-order valence-electron chi connectivity index (χ1n) is 4.44. The van der Waals surface area contributed by atoms with Crippen LogP contribution < -0.4 is 0 Å². The largest absolute Gasteiger partial charge is 0.375 e. The number of piperidine rings is 1. The molecule has 2 unspecified atom stereocenters. The normalized spacial score (nSPS) is 38.6. The van der Waals surface area contributed by atoms with Crippen LogP contribution in [0.3, 0.4) is 0 Å². The predicted octanol–water partition coefficient (Wildman–Crippen LogP) is 2.11. The van der Waals surface area contributed by atoms with Crippen molar-refractivity contribution in [3.05, 3.63) is 12.3 Å². The monoisotopic (exact) mass is 151 g/mol. The van der Waals surface area contributed by atoms with Crippen LogP contribution in [0.15, 0.2) is 12.3 Å². The smallest absolute Gasteiger partial charge is 0.0211 e. The van der Waals surface area contributed by atoms with E-state index in [4.69, 9.17) is 0 Å². The summed E-state index contributed by atoms with van der Waals surface area (Å²) in [6.07, 6.45) is 0. The summed E-state index contributed by atoms with van der Waals surface area (Å²) in [5.74, 6) is 1.92. The second kappa shape index (κ2) is 1.82. The third-order valence-electron chi connectivity index (χ3n) is 3.66. The molecule has 1 saturated heterocycles. The van der Waals surface area contributed by atoms with E-state index in [0.717, 1.165) is 11.8 Å². The molecule has 0 N–H and O–H groups in total. The average molecular weight is 151 g/mol. The fraction of sp³-hybridized carbons (Fsp3) is 0.800. The van der Waals surface area contributed by atoms with Crippen molar-refractivity contribution in [2.75, 3.05) is 13.1 Å². The fourth-order valence-electron chi connectivity index (χ4n) is 2.44. The van der Waals surface area contributed by atoms with Crippen LogP contribution in [-0.2, 0) is 0 Å². The minimum atomic E-state index is 0.645. The third-order valence-corrected chi connectivity index (χ3v) is 3.66. The first-order valence-corrected chi connectivity index (χ1v) is 4.44. The molecule has 0 bridgehead atoms. The molecule has 0 aromatic rings. The molecule has 0 amide bonds. The van der Waals surface area contributed by atoms with Crippen molar-refractivity contribution in [3.8, 4) is 0 Å². The van der Waals surface area contributed by atoms with Crippen molar-refractivity contribution in [2.45, 2.75) is 20.8 Å². The van der Waals surface area contributed by atoms with E-state index in [1.54, 1.807) is 0 Å². The number of rotatable bonds is 1. The Kier molecular flexibility index (Phi) is 1.19. The first-order chi connectivity index (χ1) is 5.03. The molecule has 0 spiro atoms. The van der Waals surface area contributed by atoms with Gasteiger partial charge in [0, 0.05) is 18.8 Å². The fourth-order valence-corrected chi connectivity index (χ4v) is 2.44. The van der Waals surface area contributed by atoms with Crippen LogP contribution in [0, 0.1) is 17.3 Å². The van der Waals surface area contributed by atoms with Crippen LogP contribution in [0.25, 0.3) is 0 Å². The molecule has 1 heteroatoms. The Balaban J connectivity index is 2.00. The summed E-state index contributed by atoms with van der Waals surface area (Å²) in [7, 11) is 0. The molecule has 0 aromatic heterocycles. The van der Waals surface area contributed by atoms with Gasteiger partial charge in [-0.2, -0.15) is 0 Å². The Bertz CT molecular complexity index is 191. The molecule has 11 heavy (non-hydrogen) atoms. The topological polar surface area (TPSA) is 3.24 Å². The highest BCUT2D eigenvalue weighted by atomic mass is 15.2. The second-order valence-corrected chi connectivity index (χ2v) is 4.67. The van der Waals surface area contributed by atoms with Crippen molar-refractivity contribution in [3.63, 3.8) is 0 Å². The minimum absolute atomic E-state index is 0.645. The van der Waals surface area contributed by atoms with Gasteiger partial charge >= 0.3 is 0 Å². The lowest BCUT2D eigenvalue weighted by Crippen LogP contribution is -2.24. The van der Waals surface area contributed by atoms with Crippen molar-refractivity contribution < 1.29 is 0 Å². The van der Waals surface area contributed by atoms with Gasteiger partial charge in [-0.25, -0.2) is 0 Å². The molecule has 2 rings (SSSR count). The number of allylic oxidation sites excluding steroid dienone is 1. The molecule has 1 heterocycles. The van der Waals surface area contributed by atoms with Crippen LogP contribution in [-0.4, -0.2) is 18.0 Å². The number of nitrogens with zero attached hydrogens (tertiary/aromatic N) is 1. The molecule has 62 valence electrons. The molecule has 1 aliphatic heterocycles. The van der Waals surface area contributed by atoms with Gasteiger partial charge in [-0.1, -0.05) is 20.4 Å². The summed E-state index contributed by atoms with van der Waals surface area (Å²) in [5.41, 5.74) is 1.89. The van der Waals surface area contributed by atoms with Gasteiger partial charge in [-0.15, -0.1) is 0 Å². The van der Waals surface area contributed by atoms with Crippen LogP contribution in [0.5, 0.6) is 0 Å². The Morgan fingerprint density at radius 2 is 1.82 bits per heavy atom. The van der Waals surface area contributed by atoms with Crippen LogP contribution in [0.2, 0.25) is 0 Å². The lowest BCUT2D eigenvalue weighted by molar-refractivity contribution is 0.314. The summed E-state index contributed by atoms with van der Waals surface area (Å²) >= 11 is 0. The van der Waals surface area contributed by atoms with E-state index in [0.29, 0.717) is 5.41 Å². The maximum absolute atomic E-state index is 3.97. The number of hydrogen-bond donors (Lipinski definition) is 0. The highest BCUT2D eigenvalue weighted by Crippen LogP contribution is 2.62. The molecule has 0 aromatic carbocycles. The van der Waals surface area contributed by atoms with Gasteiger partial charge in [0.25, 0.3) is 0 Å². The van der Waals surface area contributed by atoms with Crippen LogP contribution in [0.4, 0.5) is 0 Å². The van der Waals surface area contributed by atoms with Crippen molar-refractivity contribution >= 4 is 0 Å². The van der Waals surface area contributed by atoms with Gasteiger partial charge in [-0.3, -0.25) is 0 Å². The summed E-state index contributed by atoms with van der Waals surface area (Å²) < 4.78 is 0. The second-order valence-electron chi connectivity index (χ2n) is 4.67. The third kappa shape index (κ3) is 0.831. The van der Waals surface area contributed by atoms with E-state index in [2.05, 4.69) is 32.3 Å². The molecule has 1 nitrogen and oxygen atoms in total.